The van der Waals surface area contributed by atoms with Crippen molar-refractivity contribution in [2.45, 2.75) is 44.3 Å². The van der Waals surface area contributed by atoms with Crippen molar-refractivity contribution >= 4 is 17.7 Å². The first-order valence-electron chi connectivity index (χ1n) is 6.44. The number of amides is 1. The molecule has 1 saturated carbocycles. The van der Waals surface area contributed by atoms with E-state index in [1.165, 1.54) is 30.9 Å². The molecular weight excluding hydrogens is 248 g/mol. The van der Waals surface area contributed by atoms with Crippen molar-refractivity contribution in [3.8, 4) is 0 Å². The Morgan fingerprint density at radius 3 is 3.11 bits per heavy atom. The molecule has 1 heterocycles. The third-order valence-electron chi connectivity index (χ3n) is 3.79. The largest absolute Gasteiger partial charge is 0.352 e. The number of nitrogens with zero attached hydrogens (tertiary/aromatic N) is 2. The van der Waals surface area contributed by atoms with E-state index in [-0.39, 0.29) is 5.91 Å². The lowest BCUT2D eigenvalue weighted by molar-refractivity contribution is -0.120. The molecule has 1 fully saturated rings. The molecule has 1 amide bonds. The Morgan fingerprint density at radius 2 is 2.39 bits per heavy atom. The van der Waals surface area contributed by atoms with Crippen molar-refractivity contribution in [2.24, 2.45) is 11.8 Å². The summed E-state index contributed by atoms with van der Waals surface area (Å²) in [5.41, 5.74) is 0. The fourth-order valence-electron chi connectivity index (χ4n) is 2.43. The van der Waals surface area contributed by atoms with Crippen molar-refractivity contribution in [2.75, 3.05) is 5.75 Å². The maximum absolute atomic E-state index is 11.9. The minimum absolute atomic E-state index is 0.0855. The van der Waals surface area contributed by atoms with Gasteiger partial charge in [-0.05, 0) is 18.3 Å². The fourth-order valence-corrected chi connectivity index (χ4v) is 3.02. The van der Waals surface area contributed by atoms with Gasteiger partial charge in [-0.3, -0.25) is 9.89 Å². The number of thioether (sulfide) groups is 1. The van der Waals surface area contributed by atoms with Crippen molar-refractivity contribution in [3.63, 3.8) is 0 Å². The second kappa shape index (κ2) is 6.22. The normalized spacial score (nSPS) is 28.0. The standard InChI is InChI=1S/C12H20N4OS/c1-8-4-3-5-10(9(8)2)15-11(17)6-18-12-13-7-14-16-12/h7-10H,3-6H2,1-2H3,(H,15,17)(H,13,14,16)/t8-,9-,10+/m1/s1. The highest BCUT2D eigenvalue weighted by Crippen LogP contribution is 2.29. The number of aromatic nitrogens is 3. The molecule has 0 bridgehead atoms. The second-order valence-corrected chi connectivity index (χ2v) is 5.98. The van der Waals surface area contributed by atoms with Gasteiger partial charge in [-0.15, -0.1) is 0 Å². The van der Waals surface area contributed by atoms with E-state index in [9.17, 15) is 4.79 Å². The van der Waals surface area contributed by atoms with Crippen LogP contribution in [0.2, 0.25) is 0 Å². The summed E-state index contributed by atoms with van der Waals surface area (Å²) in [5, 5.41) is 10.3. The first kappa shape index (κ1) is 13.4. The van der Waals surface area contributed by atoms with E-state index < -0.39 is 0 Å². The molecule has 2 rings (SSSR count). The second-order valence-electron chi connectivity index (χ2n) is 5.02. The monoisotopic (exact) mass is 268 g/mol. The van der Waals surface area contributed by atoms with Gasteiger partial charge in [-0.25, -0.2) is 4.98 Å². The van der Waals surface area contributed by atoms with Gasteiger partial charge in [-0.1, -0.05) is 38.5 Å². The highest BCUT2D eigenvalue weighted by atomic mass is 32.2. The summed E-state index contributed by atoms with van der Waals surface area (Å²) >= 11 is 1.38. The van der Waals surface area contributed by atoms with E-state index in [1.807, 2.05) is 0 Å². The highest BCUT2D eigenvalue weighted by Gasteiger charge is 2.27. The molecule has 1 aromatic heterocycles. The molecule has 0 aliphatic heterocycles. The summed E-state index contributed by atoms with van der Waals surface area (Å²) in [6.07, 6.45) is 5.04. The smallest absolute Gasteiger partial charge is 0.230 e. The van der Waals surface area contributed by atoms with E-state index in [1.54, 1.807) is 0 Å². The predicted octanol–water partition coefficient (Wildman–Crippen LogP) is 1.84. The Morgan fingerprint density at radius 1 is 1.56 bits per heavy atom. The van der Waals surface area contributed by atoms with Gasteiger partial charge < -0.3 is 5.32 Å². The zero-order valence-electron chi connectivity index (χ0n) is 10.8. The predicted molar refractivity (Wildman–Crippen MR) is 71.2 cm³/mol. The van der Waals surface area contributed by atoms with Crippen LogP contribution in [0.3, 0.4) is 0 Å². The number of hydrogen-bond donors (Lipinski definition) is 2. The molecule has 1 aromatic rings. The molecule has 0 spiro atoms. The number of hydrogen-bond acceptors (Lipinski definition) is 4. The third kappa shape index (κ3) is 3.48. The SMILES string of the molecule is C[C@@H]1[C@H](C)CCC[C@@H]1NC(=O)CSc1ncn[nH]1. The highest BCUT2D eigenvalue weighted by molar-refractivity contribution is 7.99. The number of carbonyl (C=O) groups excluding carboxylic acids is 1. The average Bonchev–Trinajstić information content (AvgIpc) is 2.86. The first-order chi connectivity index (χ1) is 8.66. The van der Waals surface area contributed by atoms with Crippen molar-refractivity contribution in [1.82, 2.24) is 20.5 Å². The van der Waals surface area contributed by atoms with E-state index in [0.29, 0.717) is 28.8 Å². The molecule has 6 heteroatoms. The maximum Gasteiger partial charge on any atom is 0.230 e. The summed E-state index contributed by atoms with van der Waals surface area (Å²) in [5.74, 6) is 1.75. The number of aromatic amines is 1. The molecule has 2 N–H and O–H groups in total. The average molecular weight is 268 g/mol. The molecule has 0 unspecified atom stereocenters. The fraction of sp³-hybridized carbons (Fsp3) is 0.750. The molecule has 0 saturated heterocycles. The van der Waals surface area contributed by atoms with E-state index in [4.69, 9.17) is 0 Å². The van der Waals surface area contributed by atoms with Crippen LogP contribution >= 0.6 is 11.8 Å². The van der Waals surface area contributed by atoms with Crippen LogP contribution in [0.25, 0.3) is 0 Å². The van der Waals surface area contributed by atoms with Gasteiger partial charge in [0.1, 0.15) is 6.33 Å². The van der Waals surface area contributed by atoms with Gasteiger partial charge >= 0.3 is 0 Å². The van der Waals surface area contributed by atoms with Crippen LogP contribution in [0.15, 0.2) is 11.5 Å². The van der Waals surface area contributed by atoms with Crippen LogP contribution in [-0.2, 0) is 4.79 Å². The topological polar surface area (TPSA) is 70.7 Å². The summed E-state index contributed by atoms with van der Waals surface area (Å²) < 4.78 is 0. The Labute approximate surface area is 112 Å². The lowest BCUT2D eigenvalue weighted by atomic mass is 9.78. The Bertz CT molecular complexity index is 381. The lowest BCUT2D eigenvalue weighted by Crippen LogP contribution is -2.44. The summed E-state index contributed by atoms with van der Waals surface area (Å²) in [4.78, 5) is 15.8. The molecule has 1 aliphatic carbocycles. The molecule has 0 radical (unpaired) electrons. The maximum atomic E-state index is 11.9. The van der Waals surface area contributed by atoms with E-state index in [2.05, 4.69) is 34.3 Å². The summed E-state index contributed by atoms with van der Waals surface area (Å²) in [6.45, 7) is 4.50. The Kier molecular flexibility index (Phi) is 4.63. The van der Waals surface area contributed by atoms with Crippen LogP contribution in [0.4, 0.5) is 0 Å². The molecule has 1 aliphatic rings. The minimum Gasteiger partial charge on any atom is -0.352 e. The van der Waals surface area contributed by atoms with E-state index in [0.717, 1.165) is 6.42 Å². The number of nitrogens with one attached hydrogen (secondary N) is 2. The molecule has 18 heavy (non-hydrogen) atoms. The quantitative estimate of drug-likeness (QED) is 0.817. The van der Waals surface area contributed by atoms with Gasteiger partial charge in [-0.2, -0.15) is 5.10 Å². The minimum atomic E-state index is 0.0855. The first-order valence-corrected chi connectivity index (χ1v) is 7.43. The van der Waals surface area contributed by atoms with Gasteiger partial charge in [0.05, 0.1) is 5.75 Å². The molecule has 0 aromatic carbocycles. The van der Waals surface area contributed by atoms with Crippen LogP contribution in [0, 0.1) is 11.8 Å². The Balaban J connectivity index is 1.76. The number of rotatable bonds is 4. The zero-order valence-corrected chi connectivity index (χ0v) is 11.7. The van der Waals surface area contributed by atoms with Crippen LogP contribution in [0.5, 0.6) is 0 Å². The van der Waals surface area contributed by atoms with Gasteiger partial charge in [0, 0.05) is 6.04 Å². The van der Waals surface area contributed by atoms with Gasteiger partial charge in [0.2, 0.25) is 5.91 Å². The number of carbonyl (C=O) groups is 1. The molecular formula is C12H20N4OS. The summed E-state index contributed by atoms with van der Waals surface area (Å²) in [7, 11) is 0. The molecule has 100 valence electrons. The van der Waals surface area contributed by atoms with Crippen molar-refractivity contribution in [1.29, 1.82) is 0 Å². The molecule has 3 atom stereocenters. The molecule has 5 nitrogen and oxygen atoms in total. The lowest BCUT2D eigenvalue weighted by Gasteiger charge is -2.34. The van der Waals surface area contributed by atoms with Crippen LogP contribution in [0.1, 0.15) is 33.1 Å². The van der Waals surface area contributed by atoms with Gasteiger partial charge in [0.15, 0.2) is 5.16 Å². The van der Waals surface area contributed by atoms with E-state index >= 15 is 0 Å². The van der Waals surface area contributed by atoms with Crippen molar-refractivity contribution < 1.29 is 4.79 Å². The van der Waals surface area contributed by atoms with Crippen LogP contribution < -0.4 is 5.32 Å². The summed E-state index contributed by atoms with van der Waals surface area (Å²) in [6, 6.07) is 0.330. The zero-order chi connectivity index (χ0) is 13.0. The third-order valence-corrected chi connectivity index (χ3v) is 4.66. The Hall–Kier alpha value is -1.04. The van der Waals surface area contributed by atoms with Crippen LogP contribution in [-0.4, -0.2) is 32.9 Å². The van der Waals surface area contributed by atoms with Crippen molar-refractivity contribution in [3.05, 3.63) is 6.33 Å². The van der Waals surface area contributed by atoms with Gasteiger partial charge in [0.25, 0.3) is 0 Å². The number of H-pyrrole nitrogens is 1.